The molecule has 0 aliphatic carbocycles. The Morgan fingerprint density at radius 3 is 2.41 bits per heavy atom. The maximum atomic E-state index is 13.0. The highest BCUT2D eigenvalue weighted by atomic mass is 35.5. The summed E-state index contributed by atoms with van der Waals surface area (Å²) in [4.78, 5) is 37.8. The van der Waals surface area contributed by atoms with Crippen molar-refractivity contribution >= 4 is 41.1 Å². The summed E-state index contributed by atoms with van der Waals surface area (Å²) in [7, 11) is 0. The van der Waals surface area contributed by atoms with Gasteiger partial charge in [0, 0.05) is 10.6 Å². The number of hydrazine groups is 1. The Hall–Kier alpha value is -4.11. The average molecular weight is 487 g/mol. The summed E-state index contributed by atoms with van der Waals surface area (Å²) in [5.41, 5.74) is 1.41. The van der Waals surface area contributed by atoms with E-state index in [1.54, 1.807) is 30.3 Å². The van der Waals surface area contributed by atoms with Gasteiger partial charge in [-0.05, 0) is 54.6 Å². The monoisotopic (exact) mass is 486 g/mol. The molecule has 1 aliphatic heterocycles. The first kappa shape index (κ1) is 23.1. The molecular weight excluding hydrogens is 473 g/mol. The Labute approximate surface area is 196 Å². The zero-order valence-electron chi connectivity index (χ0n) is 17.1. The van der Waals surface area contributed by atoms with E-state index in [2.05, 4.69) is 5.43 Å². The molecule has 3 aromatic carbocycles. The van der Waals surface area contributed by atoms with Gasteiger partial charge in [0.15, 0.2) is 0 Å². The SMILES string of the molecule is O=C1NN(c2ccccc2)C(=O)C1=Cc1cc(Cl)ccc1OC(=O)c1cccc(C(F)(F)F)c1. The van der Waals surface area contributed by atoms with Crippen LogP contribution in [-0.2, 0) is 15.8 Å². The van der Waals surface area contributed by atoms with Gasteiger partial charge in [-0.2, -0.15) is 13.2 Å². The summed E-state index contributed by atoms with van der Waals surface area (Å²) >= 11 is 6.03. The van der Waals surface area contributed by atoms with Crippen molar-refractivity contribution in [2.75, 3.05) is 5.01 Å². The van der Waals surface area contributed by atoms with E-state index >= 15 is 0 Å². The van der Waals surface area contributed by atoms with Crippen LogP contribution in [0.2, 0.25) is 5.02 Å². The van der Waals surface area contributed by atoms with Crippen LogP contribution in [0.1, 0.15) is 21.5 Å². The van der Waals surface area contributed by atoms with Crippen LogP contribution in [0.15, 0.2) is 78.4 Å². The highest BCUT2D eigenvalue weighted by molar-refractivity contribution is 6.32. The first-order chi connectivity index (χ1) is 16.1. The van der Waals surface area contributed by atoms with Crippen LogP contribution in [0, 0.1) is 0 Å². The van der Waals surface area contributed by atoms with E-state index in [0.717, 1.165) is 17.1 Å². The maximum absolute atomic E-state index is 13.0. The van der Waals surface area contributed by atoms with Crippen LogP contribution < -0.4 is 15.2 Å². The minimum Gasteiger partial charge on any atom is -0.422 e. The van der Waals surface area contributed by atoms with Gasteiger partial charge in [0.25, 0.3) is 11.8 Å². The summed E-state index contributed by atoms with van der Waals surface area (Å²) in [6, 6.07) is 16.2. The minimum absolute atomic E-state index is 0.0990. The number of carbonyl (C=O) groups excluding carboxylic acids is 3. The number of nitrogens with one attached hydrogen (secondary N) is 1. The zero-order valence-corrected chi connectivity index (χ0v) is 17.9. The molecule has 0 unspecified atom stereocenters. The number of amides is 2. The summed E-state index contributed by atoms with van der Waals surface area (Å²) in [6.45, 7) is 0. The van der Waals surface area contributed by atoms with Crippen molar-refractivity contribution in [3.63, 3.8) is 0 Å². The molecule has 1 saturated heterocycles. The lowest BCUT2D eigenvalue weighted by Gasteiger charge is -2.14. The Bertz CT molecular complexity index is 1320. The third-order valence-corrected chi connectivity index (χ3v) is 5.04. The molecule has 0 bridgehead atoms. The number of carbonyl (C=O) groups is 3. The average Bonchev–Trinajstić information content (AvgIpc) is 3.09. The number of ether oxygens (including phenoxy) is 1. The molecule has 0 radical (unpaired) electrons. The Kier molecular flexibility index (Phi) is 6.12. The molecule has 10 heteroatoms. The van der Waals surface area contributed by atoms with Crippen LogP contribution in [0.25, 0.3) is 6.08 Å². The van der Waals surface area contributed by atoms with Gasteiger partial charge < -0.3 is 4.74 Å². The molecule has 1 aliphatic rings. The second kappa shape index (κ2) is 9.03. The van der Waals surface area contributed by atoms with Gasteiger partial charge in [-0.3, -0.25) is 15.0 Å². The maximum Gasteiger partial charge on any atom is 0.416 e. The van der Waals surface area contributed by atoms with Crippen molar-refractivity contribution in [3.05, 3.63) is 100 Å². The first-order valence-electron chi connectivity index (χ1n) is 9.74. The van der Waals surface area contributed by atoms with Crippen molar-refractivity contribution in [1.82, 2.24) is 5.43 Å². The molecule has 0 atom stereocenters. The number of hydrogen-bond donors (Lipinski definition) is 1. The van der Waals surface area contributed by atoms with E-state index < -0.39 is 29.5 Å². The number of hydrogen-bond acceptors (Lipinski definition) is 4. The molecule has 1 heterocycles. The highest BCUT2D eigenvalue weighted by Crippen LogP contribution is 2.31. The first-order valence-corrected chi connectivity index (χ1v) is 10.1. The lowest BCUT2D eigenvalue weighted by molar-refractivity contribution is -0.137. The van der Waals surface area contributed by atoms with Crippen molar-refractivity contribution < 1.29 is 32.3 Å². The van der Waals surface area contributed by atoms with Crippen LogP contribution >= 0.6 is 11.6 Å². The Balaban J connectivity index is 1.65. The van der Waals surface area contributed by atoms with Gasteiger partial charge in [-0.1, -0.05) is 35.9 Å². The molecule has 6 nitrogen and oxygen atoms in total. The molecule has 0 spiro atoms. The van der Waals surface area contributed by atoms with Gasteiger partial charge in [-0.15, -0.1) is 0 Å². The summed E-state index contributed by atoms with van der Waals surface area (Å²) < 4.78 is 44.2. The Morgan fingerprint density at radius 2 is 1.71 bits per heavy atom. The fraction of sp³-hybridized carbons (Fsp3) is 0.0417. The quantitative estimate of drug-likeness (QED) is 0.243. The zero-order chi connectivity index (χ0) is 24.5. The van der Waals surface area contributed by atoms with E-state index in [-0.39, 0.29) is 27.5 Å². The molecule has 172 valence electrons. The second-order valence-corrected chi connectivity index (χ2v) is 7.56. The van der Waals surface area contributed by atoms with Gasteiger partial charge in [0.1, 0.15) is 11.3 Å². The van der Waals surface area contributed by atoms with Gasteiger partial charge >= 0.3 is 12.1 Å². The lowest BCUT2D eigenvalue weighted by Crippen LogP contribution is -2.35. The van der Waals surface area contributed by atoms with Gasteiger partial charge in [0.05, 0.1) is 16.8 Å². The fourth-order valence-corrected chi connectivity index (χ4v) is 3.36. The molecule has 0 saturated carbocycles. The van der Waals surface area contributed by atoms with Crippen LogP contribution in [0.5, 0.6) is 5.75 Å². The van der Waals surface area contributed by atoms with E-state index in [1.165, 1.54) is 30.3 Å². The molecule has 2 amide bonds. The van der Waals surface area contributed by atoms with Crippen LogP contribution in [-0.4, -0.2) is 17.8 Å². The predicted molar refractivity (Wildman–Crippen MR) is 118 cm³/mol. The number of alkyl halides is 3. The topological polar surface area (TPSA) is 75.7 Å². The normalized spacial score (nSPS) is 14.9. The van der Waals surface area contributed by atoms with Gasteiger partial charge in [0.2, 0.25) is 0 Å². The van der Waals surface area contributed by atoms with E-state index in [9.17, 15) is 27.6 Å². The number of anilines is 1. The predicted octanol–water partition coefficient (Wildman–Crippen LogP) is 5.04. The minimum atomic E-state index is -4.63. The molecule has 1 N–H and O–H groups in total. The van der Waals surface area contributed by atoms with Crippen molar-refractivity contribution in [2.45, 2.75) is 6.18 Å². The standard InChI is InChI=1S/C24H14ClF3N2O4/c25-17-9-10-20(34-23(33)14-5-4-6-16(11-14)24(26,27)28)15(12-17)13-19-21(31)29-30(22(19)32)18-7-2-1-3-8-18/h1-13H,(H,29,31). The molecule has 4 rings (SSSR count). The number of rotatable bonds is 4. The van der Waals surface area contributed by atoms with Crippen LogP contribution in [0.4, 0.5) is 18.9 Å². The third kappa shape index (κ3) is 4.79. The smallest absolute Gasteiger partial charge is 0.416 e. The largest absolute Gasteiger partial charge is 0.422 e. The number of para-hydroxylation sites is 1. The Morgan fingerprint density at radius 1 is 0.971 bits per heavy atom. The van der Waals surface area contributed by atoms with Crippen molar-refractivity contribution in [3.8, 4) is 5.75 Å². The fourth-order valence-electron chi connectivity index (χ4n) is 3.18. The molecule has 1 fully saturated rings. The summed E-state index contributed by atoms with van der Waals surface area (Å²) in [5.74, 6) is -2.49. The van der Waals surface area contributed by atoms with Crippen LogP contribution in [0.3, 0.4) is 0 Å². The highest BCUT2D eigenvalue weighted by Gasteiger charge is 2.35. The van der Waals surface area contributed by atoms with E-state index in [1.807, 2.05) is 0 Å². The van der Waals surface area contributed by atoms with Crippen molar-refractivity contribution in [2.24, 2.45) is 0 Å². The lowest BCUT2D eigenvalue weighted by atomic mass is 10.1. The number of benzene rings is 3. The van der Waals surface area contributed by atoms with Crippen molar-refractivity contribution in [1.29, 1.82) is 0 Å². The molecule has 34 heavy (non-hydrogen) atoms. The molecular formula is C24H14ClF3N2O4. The second-order valence-electron chi connectivity index (χ2n) is 7.13. The summed E-state index contributed by atoms with van der Waals surface area (Å²) in [6.07, 6.45) is -3.44. The molecule has 0 aromatic heterocycles. The molecule has 3 aromatic rings. The third-order valence-electron chi connectivity index (χ3n) is 4.81. The van der Waals surface area contributed by atoms with Gasteiger partial charge in [-0.25, -0.2) is 9.80 Å². The number of nitrogens with zero attached hydrogens (tertiary/aromatic N) is 1. The number of halogens is 4. The van der Waals surface area contributed by atoms with E-state index in [4.69, 9.17) is 16.3 Å². The number of esters is 1. The van der Waals surface area contributed by atoms with E-state index in [0.29, 0.717) is 11.8 Å². The summed E-state index contributed by atoms with van der Waals surface area (Å²) in [5, 5.41) is 1.28.